The molecular weight excluding hydrogens is 282 g/mol. The maximum absolute atomic E-state index is 12.4. The summed E-state index contributed by atoms with van der Waals surface area (Å²) in [6.07, 6.45) is 0. The van der Waals surface area contributed by atoms with Crippen molar-refractivity contribution in [2.75, 3.05) is 0 Å². The highest BCUT2D eigenvalue weighted by Gasteiger charge is 2.10. The average Bonchev–Trinajstić information content (AvgIpc) is 2.87. The van der Waals surface area contributed by atoms with Crippen LogP contribution in [-0.4, -0.2) is 10.3 Å². The highest BCUT2D eigenvalue weighted by Crippen LogP contribution is 2.18. The van der Waals surface area contributed by atoms with Crippen LogP contribution in [0.2, 0.25) is 0 Å². The minimum atomic E-state index is -1.07. The first-order valence-electron chi connectivity index (χ1n) is 7.22. The van der Waals surface area contributed by atoms with E-state index in [1.165, 1.54) is 11.1 Å². The second-order valence-electron chi connectivity index (χ2n) is 5.64. The lowest BCUT2D eigenvalue weighted by molar-refractivity contribution is 0.445. The fourth-order valence-corrected chi connectivity index (χ4v) is 3.08. The fraction of sp³-hybridized carbons (Fsp3) is 0.412. The minimum Gasteiger partial charge on any atom is -0.464 e. The van der Waals surface area contributed by atoms with Crippen LogP contribution < -0.4 is 5.32 Å². The van der Waals surface area contributed by atoms with Gasteiger partial charge >= 0.3 is 0 Å². The van der Waals surface area contributed by atoms with Crippen LogP contribution in [0, 0.1) is 13.8 Å². The Bertz CT molecular complexity index is 631. The van der Waals surface area contributed by atoms with Crippen molar-refractivity contribution < 1.29 is 8.63 Å². The van der Waals surface area contributed by atoms with Crippen LogP contribution in [0.4, 0.5) is 0 Å². The Kier molecular flexibility index (Phi) is 5.37. The zero-order valence-corrected chi connectivity index (χ0v) is 13.9. The topological polar surface area (TPSA) is 42.2 Å². The first-order chi connectivity index (χ1) is 9.95. The van der Waals surface area contributed by atoms with Crippen molar-refractivity contribution in [3.8, 4) is 0 Å². The van der Waals surface area contributed by atoms with Crippen molar-refractivity contribution in [3.63, 3.8) is 0 Å². The molecule has 0 saturated heterocycles. The van der Waals surface area contributed by atoms with E-state index in [0.717, 1.165) is 16.4 Å². The van der Waals surface area contributed by atoms with Crippen LogP contribution >= 0.6 is 0 Å². The quantitative estimate of drug-likeness (QED) is 0.885. The molecule has 114 valence electrons. The third-order valence-electron chi connectivity index (χ3n) is 3.42. The molecular formula is C17H23NO2S. The number of aryl methyl sites for hydroxylation is 2. The van der Waals surface area contributed by atoms with E-state index < -0.39 is 10.8 Å². The van der Waals surface area contributed by atoms with Crippen molar-refractivity contribution in [2.45, 2.75) is 50.9 Å². The van der Waals surface area contributed by atoms with Gasteiger partial charge in [-0.2, -0.15) is 0 Å². The predicted octanol–water partition coefficient (Wildman–Crippen LogP) is 3.70. The van der Waals surface area contributed by atoms with E-state index in [1.807, 2.05) is 37.3 Å². The summed E-state index contributed by atoms with van der Waals surface area (Å²) in [6, 6.07) is 10.2. The number of hydrogen-bond acceptors (Lipinski definition) is 3. The van der Waals surface area contributed by atoms with Gasteiger partial charge in [-0.1, -0.05) is 19.9 Å². The molecule has 3 nitrogen and oxygen atoms in total. The van der Waals surface area contributed by atoms with Crippen LogP contribution in [0.3, 0.4) is 0 Å². The smallest absolute Gasteiger partial charge is 0.118 e. The van der Waals surface area contributed by atoms with E-state index >= 15 is 0 Å². The van der Waals surface area contributed by atoms with Crippen molar-refractivity contribution >= 4 is 10.8 Å². The lowest BCUT2D eigenvalue weighted by atomic mass is 10.1. The highest BCUT2D eigenvalue weighted by molar-refractivity contribution is 7.84. The number of hydrogen-bond donors (Lipinski definition) is 1. The Labute approximate surface area is 129 Å². The summed E-state index contributed by atoms with van der Waals surface area (Å²) in [5, 5.41) is 3.30. The molecule has 1 heterocycles. The zero-order chi connectivity index (χ0) is 15.4. The van der Waals surface area contributed by atoms with E-state index in [0.29, 0.717) is 18.3 Å². The van der Waals surface area contributed by atoms with E-state index in [2.05, 4.69) is 26.1 Å². The molecule has 0 aliphatic carbocycles. The summed E-state index contributed by atoms with van der Waals surface area (Å²) in [6.45, 7) is 8.99. The molecule has 1 aromatic heterocycles. The molecule has 0 spiro atoms. The molecule has 0 saturated carbocycles. The molecule has 2 aromatic rings. The Balaban J connectivity index is 2.00. The first kappa shape index (κ1) is 16.0. The van der Waals surface area contributed by atoms with Gasteiger partial charge in [-0.3, -0.25) is 4.21 Å². The second kappa shape index (κ2) is 7.05. The van der Waals surface area contributed by atoms with Gasteiger partial charge < -0.3 is 9.73 Å². The van der Waals surface area contributed by atoms with Crippen LogP contribution in [0.1, 0.15) is 36.5 Å². The Morgan fingerprint density at radius 2 is 1.81 bits per heavy atom. The lowest BCUT2D eigenvalue weighted by Gasteiger charge is -2.06. The van der Waals surface area contributed by atoms with E-state index in [1.54, 1.807) is 0 Å². The second-order valence-corrected chi connectivity index (χ2v) is 7.09. The molecule has 1 N–H and O–H groups in total. The van der Waals surface area contributed by atoms with Crippen molar-refractivity contribution in [2.24, 2.45) is 0 Å². The largest absolute Gasteiger partial charge is 0.464 e. The molecule has 0 bridgehead atoms. The lowest BCUT2D eigenvalue weighted by Crippen LogP contribution is -2.21. The maximum atomic E-state index is 12.4. The van der Waals surface area contributed by atoms with Gasteiger partial charge in [0.05, 0.1) is 23.1 Å². The molecule has 0 aliphatic rings. The van der Waals surface area contributed by atoms with Gasteiger partial charge in [0.15, 0.2) is 0 Å². The SMILES string of the molecule is Cc1ccc(S(=O)Cc2ccc(CNC(C)C)o2)cc1C. The van der Waals surface area contributed by atoms with Gasteiger partial charge in [0.1, 0.15) is 11.5 Å². The van der Waals surface area contributed by atoms with Gasteiger partial charge in [-0.15, -0.1) is 0 Å². The predicted molar refractivity (Wildman–Crippen MR) is 86.7 cm³/mol. The van der Waals surface area contributed by atoms with E-state index in [-0.39, 0.29) is 0 Å². The van der Waals surface area contributed by atoms with Crippen LogP contribution in [0.15, 0.2) is 39.6 Å². The molecule has 0 fully saturated rings. The molecule has 4 heteroatoms. The molecule has 21 heavy (non-hydrogen) atoms. The van der Waals surface area contributed by atoms with Gasteiger partial charge in [-0.25, -0.2) is 0 Å². The summed E-state index contributed by atoms with van der Waals surface area (Å²) < 4.78 is 18.1. The molecule has 1 unspecified atom stereocenters. The summed E-state index contributed by atoms with van der Waals surface area (Å²) >= 11 is 0. The van der Waals surface area contributed by atoms with Gasteiger partial charge in [-0.05, 0) is 49.2 Å². The number of benzene rings is 1. The van der Waals surface area contributed by atoms with Crippen LogP contribution in [0.5, 0.6) is 0 Å². The summed E-state index contributed by atoms with van der Waals surface area (Å²) in [7, 11) is -1.07. The standard InChI is InChI=1S/C17H23NO2S/c1-12(2)18-10-15-6-7-16(20-15)11-21(19)17-8-5-13(3)14(4)9-17/h5-9,12,18H,10-11H2,1-4H3. The van der Waals surface area contributed by atoms with Gasteiger partial charge in [0.2, 0.25) is 0 Å². The molecule has 0 radical (unpaired) electrons. The summed E-state index contributed by atoms with van der Waals surface area (Å²) in [4.78, 5) is 0.858. The Hall–Kier alpha value is -1.39. The van der Waals surface area contributed by atoms with Gasteiger partial charge in [0, 0.05) is 10.9 Å². The maximum Gasteiger partial charge on any atom is 0.118 e. The average molecular weight is 305 g/mol. The van der Waals surface area contributed by atoms with Crippen molar-refractivity contribution in [3.05, 3.63) is 53.0 Å². The molecule has 0 aliphatic heterocycles. The molecule has 1 aromatic carbocycles. The fourth-order valence-electron chi connectivity index (χ4n) is 1.97. The summed E-state index contributed by atoms with van der Waals surface area (Å²) in [5.41, 5.74) is 2.39. The molecule has 2 rings (SSSR count). The van der Waals surface area contributed by atoms with Gasteiger partial charge in [0.25, 0.3) is 0 Å². The zero-order valence-electron chi connectivity index (χ0n) is 13.1. The van der Waals surface area contributed by atoms with Crippen molar-refractivity contribution in [1.82, 2.24) is 5.32 Å². The van der Waals surface area contributed by atoms with E-state index in [4.69, 9.17) is 4.42 Å². The monoisotopic (exact) mass is 305 g/mol. The van der Waals surface area contributed by atoms with Crippen molar-refractivity contribution in [1.29, 1.82) is 0 Å². The van der Waals surface area contributed by atoms with Crippen LogP contribution in [-0.2, 0) is 23.1 Å². The molecule has 1 atom stereocenters. The first-order valence-corrected chi connectivity index (χ1v) is 8.54. The number of furan rings is 1. The summed E-state index contributed by atoms with van der Waals surface area (Å²) in [5.74, 6) is 2.08. The molecule has 0 amide bonds. The third-order valence-corrected chi connectivity index (χ3v) is 4.74. The van der Waals surface area contributed by atoms with Crippen LogP contribution in [0.25, 0.3) is 0 Å². The number of rotatable bonds is 6. The highest BCUT2D eigenvalue weighted by atomic mass is 32.2. The Morgan fingerprint density at radius 1 is 1.10 bits per heavy atom. The number of nitrogens with one attached hydrogen (secondary N) is 1. The third kappa shape index (κ3) is 4.55. The van der Waals surface area contributed by atoms with E-state index in [9.17, 15) is 4.21 Å². The normalized spacial score (nSPS) is 12.8. The Morgan fingerprint density at radius 3 is 2.48 bits per heavy atom. The minimum absolute atomic E-state index is 0.420.